The number of anilines is 1. The second-order valence-corrected chi connectivity index (χ2v) is 6.87. The maximum Gasteiger partial charge on any atom is 0.416 e. The van der Waals surface area contributed by atoms with Crippen molar-refractivity contribution in [3.05, 3.63) is 35.2 Å². The Kier molecular flexibility index (Phi) is 7.88. The lowest BCUT2D eigenvalue weighted by molar-refractivity contribution is -0.137. The number of nitrogens with zero attached hydrogens (tertiary/aromatic N) is 1. The molecule has 2 aromatic rings. The van der Waals surface area contributed by atoms with Gasteiger partial charge in [0.05, 0.1) is 11.3 Å². The largest absolute Gasteiger partial charge is 0.416 e. The summed E-state index contributed by atoms with van der Waals surface area (Å²) in [5.41, 5.74) is 0.398. The van der Waals surface area contributed by atoms with E-state index in [9.17, 15) is 18.0 Å². The van der Waals surface area contributed by atoms with Crippen LogP contribution in [0.25, 0.3) is 11.3 Å². The van der Waals surface area contributed by atoms with Gasteiger partial charge in [-0.2, -0.15) is 13.2 Å². The number of unbranched alkanes of at least 4 members (excludes halogenated alkanes) is 2. The number of benzene rings is 1. The molecule has 1 heterocycles. The number of aromatic nitrogens is 1. The third-order valence-electron chi connectivity index (χ3n) is 3.52. The van der Waals surface area contributed by atoms with Crippen LogP contribution in [0.15, 0.2) is 29.6 Å². The van der Waals surface area contributed by atoms with Crippen LogP contribution in [0.2, 0.25) is 0 Å². The number of rotatable bonds is 9. The minimum Gasteiger partial charge on any atom is -0.302 e. The van der Waals surface area contributed by atoms with Crippen LogP contribution in [0.5, 0.6) is 0 Å². The van der Waals surface area contributed by atoms with E-state index in [0.717, 1.165) is 50.1 Å². The average Bonchev–Trinajstić information content (AvgIpc) is 3.06. The molecule has 0 atom stereocenters. The average molecular weight is 404 g/mol. The van der Waals surface area contributed by atoms with Gasteiger partial charge in [-0.25, -0.2) is 4.98 Å². The fraction of sp³-hybridized carbons (Fsp3) is 0.375. The molecule has 0 aliphatic rings. The number of nitrogens with one attached hydrogen (secondary N) is 2. The van der Waals surface area contributed by atoms with E-state index < -0.39 is 11.7 Å². The zero-order chi connectivity index (χ0) is 19.0. The number of carbonyl (C=O) groups excluding carboxylic acids is 1. The highest BCUT2D eigenvalue weighted by Crippen LogP contribution is 2.31. The van der Waals surface area contributed by atoms with Gasteiger partial charge in [-0.15, -0.1) is 11.3 Å². The topological polar surface area (TPSA) is 80.0 Å². The molecule has 2 rings (SSSR count). The van der Waals surface area contributed by atoms with E-state index >= 15 is 0 Å². The van der Waals surface area contributed by atoms with E-state index in [4.69, 9.17) is 5.14 Å². The number of hydrogen-bond acceptors (Lipinski definition) is 6. The second-order valence-electron chi connectivity index (χ2n) is 5.48. The molecule has 26 heavy (non-hydrogen) atoms. The fourth-order valence-corrected chi connectivity index (χ4v) is 3.19. The van der Waals surface area contributed by atoms with E-state index in [1.807, 2.05) is 0 Å². The Labute approximate surface area is 157 Å². The van der Waals surface area contributed by atoms with E-state index in [1.54, 1.807) is 5.38 Å². The number of carbonyl (C=O) groups is 1. The van der Waals surface area contributed by atoms with Gasteiger partial charge >= 0.3 is 6.18 Å². The predicted octanol–water partition coefficient (Wildman–Crippen LogP) is 4.44. The fourth-order valence-electron chi connectivity index (χ4n) is 2.19. The third-order valence-corrected chi connectivity index (χ3v) is 4.65. The second kappa shape index (κ2) is 9.91. The quantitative estimate of drug-likeness (QED) is 0.425. The highest BCUT2D eigenvalue weighted by atomic mass is 32.2. The molecule has 10 heteroatoms. The maximum atomic E-state index is 12.6. The first kappa shape index (κ1) is 20.7. The van der Waals surface area contributed by atoms with Crippen molar-refractivity contribution in [2.45, 2.75) is 31.9 Å². The summed E-state index contributed by atoms with van der Waals surface area (Å²) in [6.45, 7) is 0.797. The Bertz CT molecular complexity index is 704. The zero-order valence-corrected chi connectivity index (χ0v) is 15.4. The van der Waals surface area contributed by atoms with Crippen molar-refractivity contribution >= 4 is 34.5 Å². The molecule has 1 aromatic carbocycles. The summed E-state index contributed by atoms with van der Waals surface area (Å²) in [6.07, 6.45) is -1.35. The summed E-state index contributed by atoms with van der Waals surface area (Å²) in [5, 5.41) is 10.1. The van der Waals surface area contributed by atoms with Gasteiger partial charge in [-0.1, -0.05) is 18.6 Å². The van der Waals surface area contributed by atoms with Gasteiger partial charge < -0.3 is 5.32 Å². The molecule has 0 aliphatic heterocycles. The van der Waals surface area contributed by atoms with Crippen molar-refractivity contribution in [1.82, 2.24) is 9.71 Å². The van der Waals surface area contributed by atoms with Crippen LogP contribution in [-0.4, -0.2) is 17.4 Å². The number of nitrogens with two attached hydrogens (primary N) is 1. The first-order chi connectivity index (χ1) is 12.4. The molecular weight excluding hydrogens is 385 g/mol. The first-order valence-electron chi connectivity index (χ1n) is 7.92. The molecule has 1 amide bonds. The molecule has 0 bridgehead atoms. The van der Waals surface area contributed by atoms with E-state index in [0.29, 0.717) is 22.8 Å². The molecule has 0 aliphatic carbocycles. The molecule has 5 nitrogen and oxygen atoms in total. The minimum atomic E-state index is -4.36. The molecule has 142 valence electrons. The van der Waals surface area contributed by atoms with Gasteiger partial charge in [0.2, 0.25) is 5.91 Å². The summed E-state index contributed by atoms with van der Waals surface area (Å²) in [4.78, 5) is 16.2. The number of halogens is 3. The van der Waals surface area contributed by atoms with Crippen LogP contribution in [0.4, 0.5) is 18.3 Å². The Balaban J connectivity index is 1.83. The van der Waals surface area contributed by atoms with Gasteiger partial charge in [0.1, 0.15) is 0 Å². The minimum absolute atomic E-state index is 0.125. The standard InChI is InChI=1S/C16H19F3N4OS2/c17-16(18,19)12-7-5-11(6-8-12)13-10-25-15(22-13)23-14(24)4-2-1-3-9-21-26-20/h5-8,10,21H,1-4,9,20H2,(H,22,23,24). The molecule has 0 saturated carbocycles. The number of hydrogen-bond donors (Lipinski definition) is 3. The molecule has 0 fully saturated rings. The van der Waals surface area contributed by atoms with E-state index in [2.05, 4.69) is 15.0 Å². The lowest BCUT2D eigenvalue weighted by atomic mass is 10.1. The Hall–Kier alpha value is -1.62. The van der Waals surface area contributed by atoms with Crippen molar-refractivity contribution in [2.24, 2.45) is 5.14 Å². The summed E-state index contributed by atoms with van der Waals surface area (Å²) in [6, 6.07) is 4.78. The highest BCUT2D eigenvalue weighted by molar-refractivity contribution is 7.95. The smallest absolute Gasteiger partial charge is 0.302 e. The number of thiazole rings is 1. The number of alkyl halides is 3. The summed E-state index contributed by atoms with van der Waals surface area (Å²) in [5.74, 6) is -0.125. The third kappa shape index (κ3) is 6.60. The SMILES string of the molecule is NSNCCCCCC(=O)Nc1nc(-c2ccc(C(F)(F)F)cc2)cs1. The summed E-state index contributed by atoms with van der Waals surface area (Å²) < 4.78 is 40.7. The number of amides is 1. The first-order valence-corrected chi connectivity index (χ1v) is 9.67. The normalized spacial score (nSPS) is 11.5. The zero-order valence-electron chi connectivity index (χ0n) is 13.8. The van der Waals surface area contributed by atoms with Crippen molar-refractivity contribution in [1.29, 1.82) is 0 Å². The van der Waals surface area contributed by atoms with Crippen LogP contribution in [0.1, 0.15) is 31.2 Å². The lowest BCUT2D eigenvalue weighted by Gasteiger charge is -2.06. The van der Waals surface area contributed by atoms with E-state index in [-0.39, 0.29) is 5.91 Å². The van der Waals surface area contributed by atoms with Gasteiger partial charge in [0.25, 0.3) is 0 Å². The molecule has 4 N–H and O–H groups in total. The summed E-state index contributed by atoms with van der Waals surface area (Å²) >= 11 is 2.32. The van der Waals surface area contributed by atoms with Crippen LogP contribution in [-0.2, 0) is 11.0 Å². The van der Waals surface area contributed by atoms with Gasteiger partial charge in [0, 0.05) is 36.0 Å². The van der Waals surface area contributed by atoms with Crippen molar-refractivity contribution in [3.8, 4) is 11.3 Å². The molecule has 1 aromatic heterocycles. The molecule has 0 spiro atoms. The molecule has 0 saturated heterocycles. The summed E-state index contributed by atoms with van der Waals surface area (Å²) in [7, 11) is 0. The Morgan fingerprint density at radius 3 is 2.58 bits per heavy atom. The van der Waals surface area contributed by atoms with Crippen LogP contribution in [0.3, 0.4) is 0 Å². The van der Waals surface area contributed by atoms with Crippen LogP contribution < -0.4 is 15.2 Å². The van der Waals surface area contributed by atoms with Crippen molar-refractivity contribution in [2.75, 3.05) is 11.9 Å². The van der Waals surface area contributed by atoms with Crippen molar-refractivity contribution < 1.29 is 18.0 Å². The van der Waals surface area contributed by atoms with Gasteiger partial charge in [-0.3, -0.25) is 14.7 Å². The Morgan fingerprint density at radius 1 is 1.19 bits per heavy atom. The monoisotopic (exact) mass is 404 g/mol. The lowest BCUT2D eigenvalue weighted by Crippen LogP contribution is -2.12. The molecular formula is C16H19F3N4OS2. The Morgan fingerprint density at radius 2 is 1.92 bits per heavy atom. The van der Waals surface area contributed by atoms with Gasteiger partial charge in [0.15, 0.2) is 5.13 Å². The maximum absolute atomic E-state index is 12.6. The van der Waals surface area contributed by atoms with Crippen LogP contribution >= 0.6 is 23.5 Å². The van der Waals surface area contributed by atoms with Crippen LogP contribution in [0, 0.1) is 0 Å². The highest BCUT2D eigenvalue weighted by Gasteiger charge is 2.30. The van der Waals surface area contributed by atoms with E-state index in [1.165, 1.54) is 23.5 Å². The van der Waals surface area contributed by atoms with Gasteiger partial charge in [-0.05, 0) is 25.0 Å². The molecule has 0 unspecified atom stereocenters. The predicted molar refractivity (Wildman–Crippen MR) is 99.4 cm³/mol. The molecule has 0 radical (unpaired) electrons. The van der Waals surface area contributed by atoms with Crippen molar-refractivity contribution in [3.63, 3.8) is 0 Å².